The van der Waals surface area contributed by atoms with Gasteiger partial charge in [-0.1, -0.05) is 40.9 Å². The van der Waals surface area contributed by atoms with Crippen LogP contribution in [0.2, 0.25) is 10.0 Å². The number of aromatic hydroxyl groups is 1. The van der Waals surface area contributed by atoms with Crippen LogP contribution in [0, 0.1) is 6.92 Å². The van der Waals surface area contributed by atoms with Crippen molar-refractivity contribution < 1.29 is 19.5 Å². The second-order valence-electron chi connectivity index (χ2n) is 5.63. The Morgan fingerprint density at radius 1 is 1.04 bits per heavy atom. The topological polar surface area (TPSA) is 86.7 Å². The third-order valence-electron chi connectivity index (χ3n) is 3.74. The van der Waals surface area contributed by atoms with Gasteiger partial charge in [0.05, 0.1) is 15.7 Å². The Morgan fingerprint density at radius 2 is 1.62 bits per heavy atom. The van der Waals surface area contributed by atoms with Gasteiger partial charge in [0.25, 0.3) is 11.8 Å². The molecule has 0 aliphatic carbocycles. The average Bonchev–Trinajstić information content (AvgIpc) is 2.58. The monoisotopic (exact) mass is 390 g/mol. The van der Waals surface area contributed by atoms with E-state index in [9.17, 15) is 19.5 Å². The van der Waals surface area contributed by atoms with E-state index in [1.807, 2.05) is 6.92 Å². The number of phenolic OH excluding ortho intramolecular Hbond substituents is 1. The SMILES string of the molecule is Cc1ccc(N2C(=O)NC(=O)C(=Cc3cc(Cl)c(O)c(Cl)c3)C2=O)cc1. The largest absolute Gasteiger partial charge is 0.505 e. The highest BCUT2D eigenvalue weighted by Crippen LogP contribution is 2.33. The molecule has 2 aromatic carbocycles. The van der Waals surface area contributed by atoms with Gasteiger partial charge in [-0.3, -0.25) is 14.9 Å². The summed E-state index contributed by atoms with van der Waals surface area (Å²) in [7, 11) is 0. The number of halogens is 2. The van der Waals surface area contributed by atoms with Crippen LogP contribution in [-0.2, 0) is 9.59 Å². The zero-order chi connectivity index (χ0) is 19.0. The van der Waals surface area contributed by atoms with Crippen molar-refractivity contribution in [2.45, 2.75) is 6.92 Å². The van der Waals surface area contributed by atoms with E-state index < -0.39 is 17.8 Å². The number of hydrogen-bond donors (Lipinski definition) is 2. The molecule has 1 aliphatic heterocycles. The normalized spacial score (nSPS) is 16.2. The van der Waals surface area contributed by atoms with Gasteiger partial charge < -0.3 is 5.11 Å². The Hall–Kier alpha value is -2.83. The van der Waals surface area contributed by atoms with Crippen LogP contribution >= 0.6 is 23.2 Å². The first-order valence-electron chi connectivity index (χ1n) is 7.44. The maximum atomic E-state index is 12.7. The first-order valence-corrected chi connectivity index (χ1v) is 8.19. The number of rotatable bonds is 2. The molecule has 8 heteroatoms. The molecule has 4 amide bonds. The molecule has 0 aromatic heterocycles. The Bertz CT molecular complexity index is 945. The van der Waals surface area contributed by atoms with Crippen molar-refractivity contribution in [3.63, 3.8) is 0 Å². The molecule has 0 unspecified atom stereocenters. The van der Waals surface area contributed by atoms with E-state index in [2.05, 4.69) is 5.32 Å². The Balaban J connectivity index is 2.04. The lowest BCUT2D eigenvalue weighted by molar-refractivity contribution is -0.122. The number of carbonyl (C=O) groups is 3. The molecular formula is C18H12Cl2N2O4. The fourth-order valence-electron chi connectivity index (χ4n) is 2.42. The number of hydrogen-bond acceptors (Lipinski definition) is 4. The number of phenols is 1. The predicted molar refractivity (Wildman–Crippen MR) is 98.3 cm³/mol. The van der Waals surface area contributed by atoms with Crippen LogP contribution in [0.4, 0.5) is 10.5 Å². The molecule has 1 saturated heterocycles. The van der Waals surface area contributed by atoms with Crippen LogP contribution in [0.25, 0.3) is 6.08 Å². The quantitative estimate of drug-likeness (QED) is 0.604. The molecule has 1 fully saturated rings. The molecule has 0 saturated carbocycles. The van der Waals surface area contributed by atoms with E-state index in [1.165, 1.54) is 18.2 Å². The Morgan fingerprint density at radius 3 is 2.19 bits per heavy atom. The molecular weight excluding hydrogens is 379 g/mol. The standard InChI is InChI=1S/C18H12Cl2N2O4/c1-9-2-4-11(5-3-9)22-17(25)12(16(24)21-18(22)26)6-10-7-13(19)15(23)14(20)8-10/h2-8,23H,1H3,(H,21,24,26). The lowest BCUT2D eigenvalue weighted by atomic mass is 10.1. The lowest BCUT2D eigenvalue weighted by Crippen LogP contribution is -2.54. The number of anilines is 1. The minimum absolute atomic E-state index is 0.0283. The molecule has 1 aliphatic rings. The third-order valence-corrected chi connectivity index (χ3v) is 4.32. The molecule has 0 spiro atoms. The van der Waals surface area contributed by atoms with Gasteiger partial charge in [0.15, 0.2) is 5.75 Å². The fraction of sp³-hybridized carbons (Fsp3) is 0.0556. The molecule has 132 valence electrons. The maximum absolute atomic E-state index is 12.7. The van der Waals surface area contributed by atoms with Gasteiger partial charge in [-0.2, -0.15) is 0 Å². The lowest BCUT2D eigenvalue weighted by Gasteiger charge is -2.26. The summed E-state index contributed by atoms with van der Waals surface area (Å²) < 4.78 is 0. The molecule has 0 bridgehead atoms. The number of imide groups is 2. The number of nitrogens with zero attached hydrogens (tertiary/aromatic N) is 1. The van der Waals surface area contributed by atoms with Crippen molar-refractivity contribution in [1.29, 1.82) is 0 Å². The first kappa shape index (κ1) is 18.0. The number of nitrogens with one attached hydrogen (secondary N) is 1. The predicted octanol–water partition coefficient (Wildman–Crippen LogP) is 3.67. The van der Waals surface area contributed by atoms with Gasteiger partial charge in [-0.15, -0.1) is 0 Å². The first-order chi connectivity index (χ1) is 12.3. The van der Waals surface area contributed by atoms with Crippen molar-refractivity contribution in [3.8, 4) is 5.75 Å². The molecule has 3 rings (SSSR count). The second kappa shape index (κ2) is 6.82. The van der Waals surface area contributed by atoms with Crippen molar-refractivity contribution in [2.24, 2.45) is 0 Å². The summed E-state index contributed by atoms with van der Waals surface area (Å²) in [5.41, 5.74) is 1.36. The van der Waals surface area contributed by atoms with Gasteiger partial charge in [0, 0.05) is 0 Å². The molecule has 0 radical (unpaired) electrons. The van der Waals surface area contributed by atoms with Crippen LogP contribution in [0.5, 0.6) is 5.75 Å². The summed E-state index contributed by atoms with van der Waals surface area (Å²) in [6, 6.07) is 8.57. The number of amides is 4. The zero-order valence-corrected chi connectivity index (χ0v) is 14.9. The summed E-state index contributed by atoms with van der Waals surface area (Å²) in [6.45, 7) is 1.87. The summed E-state index contributed by atoms with van der Waals surface area (Å²) in [5.74, 6) is -1.90. The van der Waals surface area contributed by atoms with Crippen LogP contribution in [0.15, 0.2) is 42.0 Å². The highest BCUT2D eigenvalue weighted by Gasteiger charge is 2.36. The molecule has 1 heterocycles. The maximum Gasteiger partial charge on any atom is 0.335 e. The Kier molecular flexibility index (Phi) is 4.71. The number of urea groups is 1. The summed E-state index contributed by atoms with van der Waals surface area (Å²) in [4.78, 5) is 37.9. The minimum atomic E-state index is -0.831. The van der Waals surface area contributed by atoms with Gasteiger partial charge in [0.1, 0.15) is 5.57 Å². The van der Waals surface area contributed by atoms with Gasteiger partial charge in [-0.05, 0) is 42.8 Å². The number of benzene rings is 2. The van der Waals surface area contributed by atoms with Crippen LogP contribution in [0.3, 0.4) is 0 Å². The average molecular weight is 391 g/mol. The minimum Gasteiger partial charge on any atom is -0.505 e. The van der Waals surface area contributed by atoms with Crippen molar-refractivity contribution in [2.75, 3.05) is 4.90 Å². The number of barbiturate groups is 1. The molecule has 26 heavy (non-hydrogen) atoms. The number of aryl methyl sites for hydroxylation is 1. The highest BCUT2D eigenvalue weighted by atomic mass is 35.5. The Labute approximate surface area is 158 Å². The summed E-state index contributed by atoms with van der Waals surface area (Å²) in [5, 5.41) is 11.7. The van der Waals surface area contributed by atoms with E-state index >= 15 is 0 Å². The molecule has 2 aromatic rings. The van der Waals surface area contributed by atoms with E-state index in [0.717, 1.165) is 10.5 Å². The van der Waals surface area contributed by atoms with Crippen molar-refractivity contribution >= 4 is 52.8 Å². The molecule has 0 atom stereocenters. The molecule has 6 nitrogen and oxygen atoms in total. The summed E-state index contributed by atoms with van der Waals surface area (Å²) >= 11 is 11.7. The number of carbonyl (C=O) groups excluding carboxylic acids is 3. The van der Waals surface area contributed by atoms with E-state index in [0.29, 0.717) is 11.3 Å². The van der Waals surface area contributed by atoms with Gasteiger partial charge >= 0.3 is 6.03 Å². The van der Waals surface area contributed by atoms with E-state index in [-0.39, 0.29) is 21.4 Å². The van der Waals surface area contributed by atoms with Crippen LogP contribution in [0.1, 0.15) is 11.1 Å². The second-order valence-corrected chi connectivity index (χ2v) is 6.44. The van der Waals surface area contributed by atoms with Crippen LogP contribution in [-0.4, -0.2) is 23.0 Å². The van der Waals surface area contributed by atoms with Crippen molar-refractivity contribution in [1.82, 2.24) is 5.32 Å². The van der Waals surface area contributed by atoms with E-state index in [4.69, 9.17) is 23.2 Å². The van der Waals surface area contributed by atoms with E-state index in [1.54, 1.807) is 24.3 Å². The smallest absolute Gasteiger partial charge is 0.335 e. The summed E-state index contributed by atoms with van der Waals surface area (Å²) in [6.07, 6.45) is 1.25. The molecule has 2 N–H and O–H groups in total. The van der Waals surface area contributed by atoms with Gasteiger partial charge in [0.2, 0.25) is 0 Å². The zero-order valence-electron chi connectivity index (χ0n) is 13.4. The highest BCUT2D eigenvalue weighted by molar-refractivity contribution is 6.40. The van der Waals surface area contributed by atoms with Crippen LogP contribution < -0.4 is 10.2 Å². The fourth-order valence-corrected chi connectivity index (χ4v) is 2.92. The third kappa shape index (κ3) is 3.29. The van der Waals surface area contributed by atoms with Crippen molar-refractivity contribution in [3.05, 3.63) is 63.1 Å². The van der Waals surface area contributed by atoms with Gasteiger partial charge in [-0.25, -0.2) is 9.69 Å².